The molecule has 117 valence electrons. The Kier molecular flexibility index (Phi) is 10.8. The molecule has 0 aliphatic rings. The number of Topliss-reactive ketones (excluding diaryl/α,β-unsaturated/α-hetero) is 1. The van der Waals surface area contributed by atoms with Crippen molar-refractivity contribution in [1.82, 2.24) is 0 Å². The van der Waals surface area contributed by atoms with Gasteiger partial charge in [-0.25, -0.2) is 0 Å². The SMILES string of the molecule is CCCCCCCCCCCCCC(=O)c1cc[c]cc1. The van der Waals surface area contributed by atoms with Gasteiger partial charge in [-0.05, 0) is 12.5 Å². The van der Waals surface area contributed by atoms with Crippen LogP contribution < -0.4 is 0 Å². The Balaban J connectivity index is 1.88. The lowest BCUT2D eigenvalue weighted by molar-refractivity contribution is 0.0979. The standard InChI is InChI=1S/C20H31O/c1-2-3-4-5-6-7-8-9-10-11-15-18-20(21)19-16-13-12-14-17-19/h13-14,16-17H,2-11,15,18H2,1H3. The minimum Gasteiger partial charge on any atom is -0.294 e. The highest BCUT2D eigenvalue weighted by molar-refractivity contribution is 5.95. The van der Waals surface area contributed by atoms with Crippen LogP contribution in [0.25, 0.3) is 0 Å². The second kappa shape index (κ2) is 12.6. The fourth-order valence-corrected chi connectivity index (χ4v) is 2.67. The van der Waals surface area contributed by atoms with E-state index in [-0.39, 0.29) is 5.78 Å². The summed E-state index contributed by atoms with van der Waals surface area (Å²) in [4.78, 5) is 11.9. The third-order valence-corrected chi connectivity index (χ3v) is 4.05. The van der Waals surface area contributed by atoms with E-state index in [1.54, 1.807) is 0 Å². The highest BCUT2D eigenvalue weighted by Crippen LogP contribution is 2.13. The van der Waals surface area contributed by atoms with Gasteiger partial charge < -0.3 is 0 Å². The number of unbranched alkanes of at least 4 members (excludes halogenated alkanes) is 10. The minimum absolute atomic E-state index is 0.278. The molecule has 1 radical (unpaired) electrons. The molecule has 0 N–H and O–H groups in total. The molecule has 1 aromatic carbocycles. The van der Waals surface area contributed by atoms with Crippen molar-refractivity contribution in [3.8, 4) is 0 Å². The molecule has 1 nitrogen and oxygen atoms in total. The topological polar surface area (TPSA) is 17.1 Å². The van der Waals surface area contributed by atoms with Crippen molar-refractivity contribution in [3.05, 3.63) is 35.9 Å². The summed E-state index contributed by atoms with van der Waals surface area (Å²) in [6, 6.07) is 10.3. The van der Waals surface area contributed by atoms with Crippen LogP contribution in [0.5, 0.6) is 0 Å². The quantitative estimate of drug-likeness (QED) is 0.304. The Morgan fingerprint density at radius 3 is 1.81 bits per heavy atom. The molecule has 0 saturated heterocycles. The van der Waals surface area contributed by atoms with Gasteiger partial charge in [-0.3, -0.25) is 4.79 Å². The number of rotatable bonds is 13. The van der Waals surface area contributed by atoms with Gasteiger partial charge in [0.05, 0.1) is 0 Å². The van der Waals surface area contributed by atoms with Crippen molar-refractivity contribution in [1.29, 1.82) is 0 Å². The summed E-state index contributed by atoms with van der Waals surface area (Å²) in [7, 11) is 0. The summed E-state index contributed by atoms with van der Waals surface area (Å²) in [5.74, 6) is 0.278. The van der Waals surface area contributed by atoms with Gasteiger partial charge in [0.1, 0.15) is 0 Å². The molecule has 0 saturated carbocycles. The molecule has 0 amide bonds. The van der Waals surface area contributed by atoms with Gasteiger partial charge >= 0.3 is 0 Å². The average molecular weight is 287 g/mol. The van der Waals surface area contributed by atoms with Crippen LogP contribution >= 0.6 is 0 Å². The number of hydrogen-bond acceptors (Lipinski definition) is 1. The average Bonchev–Trinajstić information content (AvgIpc) is 2.53. The first-order chi connectivity index (χ1) is 10.3. The zero-order valence-corrected chi connectivity index (χ0v) is 13.7. The maximum Gasteiger partial charge on any atom is 0.162 e. The van der Waals surface area contributed by atoms with Crippen LogP contribution in [-0.2, 0) is 0 Å². The van der Waals surface area contributed by atoms with E-state index in [2.05, 4.69) is 13.0 Å². The maximum atomic E-state index is 11.9. The highest BCUT2D eigenvalue weighted by Gasteiger charge is 2.03. The van der Waals surface area contributed by atoms with Crippen LogP contribution in [0.1, 0.15) is 94.3 Å². The molecule has 1 heteroatoms. The number of benzene rings is 1. The number of hydrogen-bond donors (Lipinski definition) is 0. The molecule has 0 bridgehead atoms. The number of carbonyl (C=O) groups is 1. The van der Waals surface area contributed by atoms with Crippen molar-refractivity contribution >= 4 is 5.78 Å². The van der Waals surface area contributed by atoms with E-state index in [1.807, 2.05) is 24.3 Å². The van der Waals surface area contributed by atoms with E-state index >= 15 is 0 Å². The second-order valence-corrected chi connectivity index (χ2v) is 6.00. The number of ketones is 1. The molecule has 0 heterocycles. The van der Waals surface area contributed by atoms with Crippen LogP contribution in [-0.4, -0.2) is 5.78 Å². The minimum atomic E-state index is 0.278. The number of carbonyl (C=O) groups excluding carboxylic acids is 1. The van der Waals surface area contributed by atoms with Gasteiger partial charge in [0.25, 0.3) is 0 Å². The van der Waals surface area contributed by atoms with Gasteiger partial charge in [0.2, 0.25) is 0 Å². The molecule has 0 aromatic heterocycles. The zero-order valence-electron chi connectivity index (χ0n) is 13.7. The summed E-state index contributed by atoms with van der Waals surface area (Å²) < 4.78 is 0. The Morgan fingerprint density at radius 1 is 0.810 bits per heavy atom. The lowest BCUT2D eigenvalue weighted by Crippen LogP contribution is -1.98. The first-order valence-electron chi connectivity index (χ1n) is 8.84. The smallest absolute Gasteiger partial charge is 0.162 e. The predicted molar refractivity (Wildman–Crippen MR) is 90.7 cm³/mol. The first kappa shape index (κ1) is 17.9. The van der Waals surface area contributed by atoms with Crippen LogP contribution in [0.2, 0.25) is 0 Å². The van der Waals surface area contributed by atoms with Crippen LogP contribution in [0, 0.1) is 6.07 Å². The predicted octanol–water partition coefficient (Wildman–Crippen LogP) is 6.37. The molecule has 0 fully saturated rings. The van der Waals surface area contributed by atoms with Crippen LogP contribution in [0.3, 0.4) is 0 Å². The van der Waals surface area contributed by atoms with E-state index in [4.69, 9.17) is 0 Å². The van der Waals surface area contributed by atoms with Gasteiger partial charge in [0, 0.05) is 12.0 Å². The largest absolute Gasteiger partial charge is 0.294 e. The summed E-state index contributed by atoms with van der Waals surface area (Å²) in [5, 5.41) is 0. The monoisotopic (exact) mass is 287 g/mol. The molecule has 1 rings (SSSR count). The summed E-state index contributed by atoms with van der Waals surface area (Å²) >= 11 is 0. The molecule has 21 heavy (non-hydrogen) atoms. The Morgan fingerprint density at radius 2 is 1.29 bits per heavy atom. The van der Waals surface area contributed by atoms with Gasteiger partial charge in [0.15, 0.2) is 5.78 Å². The first-order valence-corrected chi connectivity index (χ1v) is 8.84. The van der Waals surface area contributed by atoms with Crippen LogP contribution in [0.4, 0.5) is 0 Å². The van der Waals surface area contributed by atoms with Gasteiger partial charge in [-0.15, -0.1) is 0 Å². The maximum absolute atomic E-state index is 11.9. The molecule has 1 aromatic rings. The van der Waals surface area contributed by atoms with E-state index < -0.39 is 0 Å². The normalized spacial score (nSPS) is 10.7. The molecule has 0 unspecified atom stereocenters. The van der Waals surface area contributed by atoms with Crippen molar-refractivity contribution < 1.29 is 4.79 Å². The van der Waals surface area contributed by atoms with Gasteiger partial charge in [-0.2, -0.15) is 0 Å². The van der Waals surface area contributed by atoms with Crippen molar-refractivity contribution in [2.75, 3.05) is 0 Å². The molecular formula is C20H31O. The fraction of sp³-hybridized carbons (Fsp3) is 0.650. The molecule has 0 aliphatic carbocycles. The van der Waals surface area contributed by atoms with Gasteiger partial charge in [-0.1, -0.05) is 95.4 Å². The summed E-state index contributed by atoms with van der Waals surface area (Å²) in [6.45, 7) is 2.26. The second-order valence-electron chi connectivity index (χ2n) is 6.00. The Hall–Kier alpha value is -1.11. The Labute approximate surface area is 131 Å². The zero-order chi connectivity index (χ0) is 15.2. The van der Waals surface area contributed by atoms with E-state index in [0.717, 1.165) is 12.0 Å². The lowest BCUT2D eigenvalue weighted by Gasteiger charge is -2.03. The Bertz CT molecular complexity index is 355. The van der Waals surface area contributed by atoms with E-state index in [0.29, 0.717) is 6.42 Å². The van der Waals surface area contributed by atoms with Crippen molar-refractivity contribution in [2.45, 2.75) is 84.0 Å². The van der Waals surface area contributed by atoms with Crippen molar-refractivity contribution in [3.63, 3.8) is 0 Å². The van der Waals surface area contributed by atoms with Crippen molar-refractivity contribution in [2.24, 2.45) is 0 Å². The summed E-state index contributed by atoms with van der Waals surface area (Å²) in [6.07, 6.45) is 15.3. The molecule has 0 aliphatic heterocycles. The molecular weight excluding hydrogens is 256 g/mol. The lowest BCUT2D eigenvalue weighted by atomic mass is 10.0. The molecule has 0 spiro atoms. The third-order valence-electron chi connectivity index (χ3n) is 4.05. The molecule has 0 atom stereocenters. The van der Waals surface area contributed by atoms with E-state index in [9.17, 15) is 4.79 Å². The summed E-state index contributed by atoms with van der Waals surface area (Å²) in [5.41, 5.74) is 0.834. The fourth-order valence-electron chi connectivity index (χ4n) is 2.67. The highest BCUT2D eigenvalue weighted by atomic mass is 16.1. The van der Waals surface area contributed by atoms with E-state index in [1.165, 1.54) is 64.2 Å². The van der Waals surface area contributed by atoms with Crippen LogP contribution in [0.15, 0.2) is 24.3 Å². The third kappa shape index (κ3) is 9.44.